The van der Waals surface area contributed by atoms with E-state index in [2.05, 4.69) is 9.82 Å². The Morgan fingerprint density at radius 1 is 1.04 bits per heavy atom. The predicted octanol–water partition coefficient (Wildman–Crippen LogP) is 3.57. The Morgan fingerprint density at radius 2 is 1.72 bits per heavy atom. The van der Waals surface area contributed by atoms with Crippen molar-refractivity contribution in [3.05, 3.63) is 71.6 Å². The first kappa shape index (κ1) is 17.1. The average molecular weight is 363 g/mol. The summed E-state index contributed by atoms with van der Waals surface area (Å²) in [5.74, 6) is -1.78. The zero-order chi connectivity index (χ0) is 18.2. The lowest BCUT2D eigenvalue weighted by Crippen LogP contribution is -2.16. The highest BCUT2D eigenvalue weighted by molar-refractivity contribution is 7.92. The molecule has 0 atom stereocenters. The molecule has 130 valence electrons. The second-order valence-corrected chi connectivity index (χ2v) is 7.10. The summed E-state index contributed by atoms with van der Waals surface area (Å²) >= 11 is 0. The molecule has 0 fully saturated rings. The van der Waals surface area contributed by atoms with Gasteiger partial charge in [0.2, 0.25) is 0 Å². The number of benzene rings is 2. The van der Waals surface area contributed by atoms with Gasteiger partial charge in [-0.1, -0.05) is 18.2 Å². The molecule has 0 radical (unpaired) electrons. The van der Waals surface area contributed by atoms with E-state index in [0.717, 1.165) is 12.1 Å². The number of hydrogen-bond acceptors (Lipinski definition) is 3. The fraction of sp³-hybridized carbons (Fsp3) is 0.118. The van der Waals surface area contributed by atoms with Crippen LogP contribution < -0.4 is 4.72 Å². The summed E-state index contributed by atoms with van der Waals surface area (Å²) in [7, 11) is -4.09. The third-order valence-electron chi connectivity index (χ3n) is 3.67. The van der Waals surface area contributed by atoms with Crippen molar-refractivity contribution in [1.29, 1.82) is 0 Å². The van der Waals surface area contributed by atoms with Crippen LogP contribution in [0.3, 0.4) is 0 Å². The van der Waals surface area contributed by atoms with Crippen molar-refractivity contribution in [2.45, 2.75) is 18.7 Å². The van der Waals surface area contributed by atoms with Crippen molar-refractivity contribution < 1.29 is 17.2 Å². The van der Waals surface area contributed by atoms with Crippen LogP contribution in [-0.4, -0.2) is 18.2 Å². The number of hydrogen-bond donors (Lipinski definition) is 1. The molecule has 0 amide bonds. The van der Waals surface area contributed by atoms with Crippen molar-refractivity contribution >= 4 is 15.7 Å². The van der Waals surface area contributed by atoms with E-state index >= 15 is 0 Å². The number of sulfonamides is 1. The van der Waals surface area contributed by atoms with Crippen molar-refractivity contribution in [3.8, 4) is 5.69 Å². The molecule has 3 rings (SSSR count). The number of anilines is 1. The van der Waals surface area contributed by atoms with E-state index in [1.807, 2.05) is 18.2 Å². The molecular formula is C17H15F2N3O2S. The standard InChI is InChI=1S/C17H15F2N3O2S/c1-11-17(12(2)22(20-11)14-6-4-3-5-7-14)25(23,24)21-16-9-8-13(18)10-15(16)19/h3-10,21H,1-2H3. The monoisotopic (exact) mass is 363 g/mol. The van der Waals surface area contributed by atoms with Gasteiger partial charge in [0.25, 0.3) is 10.0 Å². The lowest BCUT2D eigenvalue weighted by Gasteiger charge is -2.10. The van der Waals surface area contributed by atoms with Crippen LogP contribution in [0.15, 0.2) is 53.4 Å². The number of nitrogens with one attached hydrogen (secondary N) is 1. The topological polar surface area (TPSA) is 64.0 Å². The number of aryl methyl sites for hydroxylation is 1. The SMILES string of the molecule is Cc1nn(-c2ccccc2)c(C)c1S(=O)(=O)Nc1ccc(F)cc1F. The van der Waals surface area contributed by atoms with Gasteiger partial charge in [-0.05, 0) is 38.1 Å². The number of rotatable bonds is 4. The quantitative estimate of drug-likeness (QED) is 0.771. The summed E-state index contributed by atoms with van der Waals surface area (Å²) in [6.45, 7) is 3.17. The number of halogens is 2. The van der Waals surface area contributed by atoms with Gasteiger partial charge in [0, 0.05) is 6.07 Å². The molecule has 1 heterocycles. The maximum absolute atomic E-state index is 13.8. The van der Waals surface area contributed by atoms with Crippen LogP contribution in [0.1, 0.15) is 11.4 Å². The molecule has 0 aliphatic carbocycles. The van der Waals surface area contributed by atoms with Gasteiger partial charge in [-0.25, -0.2) is 21.9 Å². The fourth-order valence-corrected chi connectivity index (χ4v) is 4.07. The summed E-state index contributed by atoms with van der Waals surface area (Å²) in [5.41, 5.74) is 1.04. The average Bonchev–Trinajstić information content (AvgIpc) is 2.86. The van der Waals surface area contributed by atoms with Gasteiger partial charge >= 0.3 is 0 Å². The predicted molar refractivity (Wildman–Crippen MR) is 90.2 cm³/mol. The molecule has 0 aliphatic rings. The van der Waals surface area contributed by atoms with E-state index in [-0.39, 0.29) is 16.3 Å². The third-order valence-corrected chi connectivity index (χ3v) is 5.29. The van der Waals surface area contributed by atoms with Gasteiger partial charge in [0.05, 0.1) is 22.8 Å². The first-order chi connectivity index (χ1) is 11.8. The molecule has 0 aliphatic heterocycles. The molecule has 25 heavy (non-hydrogen) atoms. The van der Waals surface area contributed by atoms with E-state index < -0.39 is 21.7 Å². The smallest absolute Gasteiger partial charge is 0.265 e. The molecule has 1 N–H and O–H groups in total. The summed E-state index contributed by atoms with van der Waals surface area (Å²) in [4.78, 5) is -0.0416. The lowest BCUT2D eigenvalue weighted by molar-refractivity contribution is 0.582. The van der Waals surface area contributed by atoms with Crippen LogP contribution in [0.4, 0.5) is 14.5 Å². The van der Waals surface area contributed by atoms with Gasteiger partial charge in [0.1, 0.15) is 16.5 Å². The van der Waals surface area contributed by atoms with Crippen LogP contribution >= 0.6 is 0 Å². The molecule has 5 nitrogen and oxygen atoms in total. The maximum Gasteiger partial charge on any atom is 0.265 e. The zero-order valence-electron chi connectivity index (χ0n) is 13.5. The molecular weight excluding hydrogens is 348 g/mol. The van der Waals surface area contributed by atoms with Crippen LogP contribution in [0, 0.1) is 25.5 Å². The van der Waals surface area contributed by atoms with Gasteiger partial charge in [-0.15, -0.1) is 0 Å². The molecule has 8 heteroatoms. The fourth-order valence-electron chi connectivity index (χ4n) is 2.61. The minimum Gasteiger partial charge on any atom is -0.277 e. The van der Waals surface area contributed by atoms with E-state index in [4.69, 9.17) is 0 Å². The summed E-state index contributed by atoms with van der Waals surface area (Å²) in [6.07, 6.45) is 0. The molecule has 0 bridgehead atoms. The highest BCUT2D eigenvalue weighted by Crippen LogP contribution is 2.26. The van der Waals surface area contributed by atoms with E-state index in [9.17, 15) is 17.2 Å². The largest absolute Gasteiger partial charge is 0.277 e. The Labute approximate surface area is 144 Å². The van der Waals surface area contributed by atoms with Crippen molar-refractivity contribution in [2.24, 2.45) is 0 Å². The Bertz CT molecular complexity index is 1030. The van der Waals surface area contributed by atoms with Gasteiger partial charge < -0.3 is 0 Å². The molecule has 0 saturated carbocycles. The van der Waals surface area contributed by atoms with E-state index in [1.54, 1.807) is 26.0 Å². The maximum atomic E-state index is 13.8. The Hall–Kier alpha value is -2.74. The summed E-state index contributed by atoms with van der Waals surface area (Å²) in [6, 6.07) is 11.7. The molecule has 0 unspecified atom stereocenters. The third kappa shape index (κ3) is 3.25. The van der Waals surface area contributed by atoms with Crippen LogP contribution in [0.2, 0.25) is 0 Å². The van der Waals surface area contributed by atoms with E-state index in [0.29, 0.717) is 17.4 Å². The number of para-hydroxylation sites is 1. The lowest BCUT2D eigenvalue weighted by atomic mass is 10.3. The highest BCUT2D eigenvalue weighted by Gasteiger charge is 2.26. The Morgan fingerprint density at radius 3 is 2.36 bits per heavy atom. The van der Waals surface area contributed by atoms with E-state index in [1.165, 1.54) is 4.68 Å². The molecule has 0 spiro atoms. The van der Waals surface area contributed by atoms with Gasteiger partial charge in [0.15, 0.2) is 0 Å². The zero-order valence-corrected chi connectivity index (χ0v) is 14.3. The first-order valence-electron chi connectivity index (χ1n) is 7.39. The number of nitrogens with zero attached hydrogens (tertiary/aromatic N) is 2. The van der Waals surface area contributed by atoms with Crippen LogP contribution in [-0.2, 0) is 10.0 Å². The normalized spacial score (nSPS) is 11.5. The van der Waals surface area contributed by atoms with Crippen LogP contribution in [0.5, 0.6) is 0 Å². The van der Waals surface area contributed by atoms with Crippen LogP contribution in [0.25, 0.3) is 5.69 Å². The molecule has 1 aromatic heterocycles. The highest BCUT2D eigenvalue weighted by atomic mass is 32.2. The minimum absolute atomic E-state index is 0.0416. The Kier molecular flexibility index (Phi) is 4.30. The molecule has 2 aromatic carbocycles. The van der Waals surface area contributed by atoms with Crippen molar-refractivity contribution in [3.63, 3.8) is 0 Å². The molecule has 3 aromatic rings. The number of aromatic nitrogens is 2. The second-order valence-electron chi connectivity index (χ2n) is 5.48. The molecule has 0 saturated heterocycles. The summed E-state index contributed by atoms with van der Waals surface area (Å²) < 4.78 is 55.8. The van der Waals surface area contributed by atoms with Crippen molar-refractivity contribution in [1.82, 2.24) is 9.78 Å². The van der Waals surface area contributed by atoms with Crippen molar-refractivity contribution in [2.75, 3.05) is 4.72 Å². The minimum atomic E-state index is -4.09. The van der Waals surface area contributed by atoms with Gasteiger partial charge in [-0.3, -0.25) is 4.72 Å². The van der Waals surface area contributed by atoms with Gasteiger partial charge in [-0.2, -0.15) is 5.10 Å². The Balaban J connectivity index is 2.05. The summed E-state index contributed by atoms with van der Waals surface area (Å²) in [5, 5.41) is 4.27. The second kappa shape index (κ2) is 6.29. The first-order valence-corrected chi connectivity index (χ1v) is 8.87.